The molecule has 110 valence electrons. The maximum Gasteiger partial charge on any atom is 0.213 e. The van der Waals surface area contributed by atoms with Crippen LogP contribution in [0.25, 0.3) is 0 Å². The fraction of sp³-hybridized carbons (Fsp3) is 0.267. The summed E-state index contributed by atoms with van der Waals surface area (Å²) in [4.78, 5) is 4.59. The van der Waals surface area contributed by atoms with Gasteiger partial charge in [0.15, 0.2) is 9.84 Å². The monoisotopic (exact) mass is 304 g/mol. The number of rotatable bonds is 4. The normalized spacial score (nSPS) is 19.0. The van der Waals surface area contributed by atoms with Gasteiger partial charge in [0.2, 0.25) is 5.88 Å². The Labute approximate surface area is 123 Å². The van der Waals surface area contributed by atoms with E-state index in [-0.39, 0.29) is 11.8 Å². The smallest absolute Gasteiger partial charge is 0.213 e. The van der Waals surface area contributed by atoms with Gasteiger partial charge < -0.3 is 10.1 Å². The van der Waals surface area contributed by atoms with Crippen LogP contribution in [0.15, 0.2) is 47.5 Å². The lowest BCUT2D eigenvalue weighted by Crippen LogP contribution is -2.13. The van der Waals surface area contributed by atoms with Crippen LogP contribution in [0.5, 0.6) is 5.88 Å². The Morgan fingerprint density at radius 2 is 2.10 bits per heavy atom. The molecular weight excluding hydrogens is 288 g/mol. The number of pyridine rings is 1. The summed E-state index contributed by atoms with van der Waals surface area (Å²) in [5.41, 5.74) is 1.58. The third-order valence-electron chi connectivity index (χ3n) is 3.39. The minimum absolute atomic E-state index is 0.0690. The Hall–Kier alpha value is -2.08. The molecule has 0 aliphatic carbocycles. The van der Waals surface area contributed by atoms with Crippen LogP contribution < -0.4 is 10.1 Å². The molecule has 0 spiro atoms. The third kappa shape index (κ3) is 2.71. The molecule has 1 atom stereocenters. The van der Waals surface area contributed by atoms with E-state index >= 15 is 0 Å². The summed E-state index contributed by atoms with van der Waals surface area (Å²) < 4.78 is 29.5. The molecular formula is C15H16N2O3S. The molecule has 0 saturated carbocycles. The van der Waals surface area contributed by atoms with E-state index in [4.69, 9.17) is 4.74 Å². The van der Waals surface area contributed by atoms with Crippen molar-refractivity contribution in [3.8, 4) is 5.88 Å². The highest BCUT2D eigenvalue weighted by Crippen LogP contribution is 2.35. The van der Waals surface area contributed by atoms with Crippen LogP contribution in [-0.2, 0) is 9.84 Å². The lowest BCUT2D eigenvalue weighted by Gasteiger charge is -2.14. The first-order valence-electron chi connectivity index (χ1n) is 6.77. The quantitative estimate of drug-likeness (QED) is 0.939. The van der Waals surface area contributed by atoms with Crippen molar-refractivity contribution in [2.24, 2.45) is 0 Å². The van der Waals surface area contributed by atoms with Gasteiger partial charge in [-0.1, -0.05) is 18.2 Å². The minimum Gasteiger partial charge on any atom is -0.478 e. The molecule has 21 heavy (non-hydrogen) atoms. The Bertz CT molecular complexity index is 742. The number of nitrogens with one attached hydrogen (secondary N) is 1. The predicted molar refractivity (Wildman–Crippen MR) is 80.3 cm³/mol. The summed E-state index contributed by atoms with van der Waals surface area (Å²) in [7, 11) is -3.20. The van der Waals surface area contributed by atoms with E-state index < -0.39 is 9.84 Å². The Morgan fingerprint density at radius 1 is 1.29 bits per heavy atom. The molecule has 1 aromatic carbocycles. The summed E-state index contributed by atoms with van der Waals surface area (Å²) in [6, 6.07) is 10.5. The largest absolute Gasteiger partial charge is 0.478 e. The molecule has 1 aliphatic heterocycles. The fourth-order valence-corrected chi connectivity index (χ4v) is 4.21. The number of sulfone groups is 1. The SMILES string of the molecule is CCOc1ccc(NC2CS(=O)(=O)c3ccccc32)cn1. The van der Waals surface area contributed by atoms with E-state index in [1.807, 2.05) is 25.1 Å². The van der Waals surface area contributed by atoms with Crippen LogP contribution in [-0.4, -0.2) is 25.8 Å². The van der Waals surface area contributed by atoms with Crippen molar-refractivity contribution in [3.05, 3.63) is 48.2 Å². The van der Waals surface area contributed by atoms with Crippen molar-refractivity contribution >= 4 is 15.5 Å². The maximum absolute atomic E-state index is 12.1. The van der Waals surface area contributed by atoms with Gasteiger partial charge in [-0.05, 0) is 24.6 Å². The van der Waals surface area contributed by atoms with E-state index in [1.54, 1.807) is 24.4 Å². The van der Waals surface area contributed by atoms with E-state index in [2.05, 4.69) is 10.3 Å². The van der Waals surface area contributed by atoms with Crippen molar-refractivity contribution in [2.45, 2.75) is 17.9 Å². The second kappa shape index (κ2) is 5.37. The summed E-state index contributed by atoms with van der Waals surface area (Å²) in [6.45, 7) is 2.46. The number of fused-ring (bicyclic) bond motifs is 1. The molecule has 1 aliphatic rings. The lowest BCUT2D eigenvalue weighted by molar-refractivity contribution is 0.327. The molecule has 0 radical (unpaired) electrons. The fourth-order valence-electron chi connectivity index (χ4n) is 2.47. The lowest BCUT2D eigenvalue weighted by atomic mass is 10.1. The number of aromatic nitrogens is 1. The van der Waals surface area contributed by atoms with E-state index in [0.717, 1.165) is 11.3 Å². The van der Waals surface area contributed by atoms with Gasteiger partial charge in [0.05, 0.1) is 35.2 Å². The molecule has 3 rings (SSSR count). The van der Waals surface area contributed by atoms with Gasteiger partial charge in [0.1, 0.15) is 0 Å². The highest BCUT2D eigenvalue weighted by molar-refractivity contribution is 7.91. The molecule has 0 saturated heterocycles. The number of ether oxygens (including phenoxy) is 1. The zero-order chi connectivity index (χ0) is 14.9. The second-order valence-electron chi connectivity index (χ2n) is 4.83. The van der Waals surface area contributed by atoms with Crippen LogP contribution in [0.4, 0.5) is 5.69 Å². The van der Waals surface area contributed by atoms with Crippen LogP contribution >= 0.6 is 0 Å². The molecule has 0 amide bonds. The average molecular weight is 304 g/mol. The standard InChI is InChI=1S/C15H16N2O3S/c1-2-20-15-8-7-11(9-16-15)17-13-10-21(18,19)14-6-4-3-5-12(13)14/h3-9,13,17H,2,10H2,1H3. The van der Waals surface area contributed by atoms with Gasteiger partial charge in [0.25, 0.3) is 0 Å². The molecule has 1 aromatic heterocycles. The van der Waals surface area contributed by atoms with Crippen molar-refractivity contribution in [1.29, 1.82) is 0 Å². The zero-order valence-corrected chi connectivity index (χ0v) is 12.4. The number of benzene rings is 1. The van der Waals surface area contributed by atoms with Crippen LogP contribution in [0.3, 0.4) is 0 Å². The molecule has 5 nitrogen and oxygen atoms in total. The number of nitrogens with zero attached hydrogens (tertiary/aromatic N) is 1. The van der Waals surface area contributed by atoms with Gasteiger partial charge >= 0.3 is 0 Å². The Morgan fingerprint density at radius 3 is 2.81 bits per heavy atom. The van der Waals surface area contributed by atoms with Gasteiger partial charge in [0, 0.05) is 6.07 Å². The molecule has 1 N–H and O–H groups in total. The van der Waals surface area contributed by atoms with Crippen molar-refractivity contribution in [2.75, 3.05) is 17.7 Å². The molecule has 6 heteroatoms. The van der Waals surface area contributed by atoms with Crippen molar-refractivity contribution in [1.82, 2.24) is 4.98 Å². The number of anilines is 1. The van der Waals surface area contributed by atoms with Crippen LogP contribution in [0.1, 0.15) is 18.5 Å². The third-order valence-corrected chi connectivity index (χ3v) is 5.20. The maximum atomic E-state index is 12.1. The van der Waals surface area contributed by atoms with Gasteiger partial charge in [-0.25, -0.2) is 13.4 Å². The second-order valence-corrected chi connectivity index (χ2v) is 6.84. The Balaban J connectivity index is 1.83. The van der Waals surface area contributed by atoms with E-state index in [1.165, 1.54) is 0 Å². The van der Waals surface area contributed by atoms with Crippen LogP contribution in [0, 0.1) is 0 Å². The predicted octanol–water partition coefficient (Wildman–Crippen LogP) is 2.42. The highest BCUT2D eigenvalue weighted by Gasteiger charge is 2.34. The highest BCUT2D eigenvalue weighted by atomic mass is 32.2. The van der Waals surface area contributed by atoms with E-state index in [9.17, 15) is 8.42 Å². The van der Waals surface area contributed by atoms with Crippen molar-refractivity contribution in [3.63, 3.8) is 0 Å². The summed E-state index contributed by atoms with van der Waals surface area (Å²) >= 11 is 0. The first-order valence-corrected chi connectivity index (χ1v) is 8.42. The summed E-state index contributed by atoms with van der Waals surface area (Å²) in [5.74, 6) is 0.627. The molecule has 0 fully saturated rings. The van der Waals surface area contributed by atoms with E-state index in [0.29, 0.717) is 17.4 Å². The number of hydrogen-bond acceptors (Lipinski definition) is 5. The first-order chi connectivity index (χ1) is 10.1. The average Bonchev–Trinajstić information content (AvgIpc) is 2.73. The summed E-state index contributed by atoms with van der Waals surface area (Å²) in [6.07, 6.45) is 1.65. The number of hydrogen-bond donors (Lipinski definition) is 1. The van der Waals surface area contributed by atoms with Gasteiger partial charge in [-0.15, -0.1) is 0 Å². The topological polar surface area (TPSA) is 68.3 Å². The minimum atomic E-state index is -3.20. The first kappa shape index (κ1) is 13.9. The van der Waals surface area contributed by atoms with Crippen LogP contribution in [0.2, 0.25) is 0 Å². The van der Waals surface area contributed by atoms with Gasteiger partial charge in [-0.3, -0.25) is 0 Å². The van der Waals surface area contributed by atoms with Crippen molar-refractivity contribution < 1.29 is 13.2 Å². The summed E-state index contributed by atoms with van der Waals surface area (Å²) in [5, 5.41) is 3.22. The molecule has 2 heterocycles. The molecule has 2 aromatic rings. The Kier molecular flexibility index (Phi) is 3.55. The molecule has 0 bridgehead atoms. The van der Waals surface area contributed by atoms with Gasteiger partial charge in [-0.2, -0.15) is 0 Å². The zero-order valence-electron chi connectivity index (χ0n) is 11.6. The molecule has 1 unspecified atom stereocenters.